The molecule has 0 spiro atoms. The molecule has 1 heterocycles. The largest absolute Gasteiger partial charge is 0.324 e. The van der Waals surface area contributed by atoms with Crippen molar-refractivity contribution in [1.82, 2.24) is 4.98 Å². The van der Waals surface area contributed by atoms with Gasteiger partial charge in [0.2, 0.25) is 5.91 Å². The molecule has 2 rings (SSSR count). The molecule has 1 N–H and O–H groups in total. The number of amides is 1. The molecule has 0 unspecified atom stereocenters. The molecule has 0 saturated carbocycles. The highest BCUT2D eigenvalue weighted by molar-refractivity contribution is 8.00. The van der Waals surface area contributed by atoms with E-state index in [-0.39, 0.29) is 11.7 Å². The second kappa shape index (κ2) is 6.80. The van der Waals surface area contributed by atoms with Gasteiger partial charge in [0.15, 0.2) is 0 Å². The Bertz CT molecular complexity index is 558. The number of pyridine rings is 1. The topological polar surface area (TPSA) is 42.0 Å². The van der Waals surface area contributed by atoms with E-state index in [1.54, 1.807) is 42.7 Å². The van der Waals surface area contributed by atoms with Crippen LogP contribution in [0.2, 0.25) is 10.0 Å². The molecule has 2 aromatic rings. The zero-order valence-electron chi connectivity index (χ0n) is 9.77. The fourth-order valence-electron chi connectivity index (χ4n) is 1.39. The van der Waals surface area contributed by atoms with Crippen LogP contribution in [0.15, 0.2) is 47.6 Å². The molecule has 0 atom stereocenters. The minimum Gasteiger partial charge on any atom is -0.324 e. The summed E-state index contributed by atoms with van der Waals surface area (Å²) in [6.07, 6.45) is 3.24. The SMILES string of the molecule is O=C(CSc1c(Cl)cccc1Cl)Nc1cccnc1. The molecule has 1 aromatic carbocycles. The summed E-state index contributed by atoms with van der Waals surface area (Å²) in [6.45, 7) is 0. The quantitative estimate of drug-likeness (QED) is 0.863. The van der Waals surface area contributed by atoms with E-state index in [2.05, 4.69) is 10.3 Å². The van der Waals surface area contributed by atoms with Crippen molar-refractivity contribution in [2.45, 2.75) is 4.90 Å². The number of carbonyl (C=O) groups excluding carboxylic acids is 1. The second-order valence-electron chi connectivity index (χ2n) is 3.63. The summed E-state index contributed by atoms with van der Waals surface area (Å²) in [5.41, 5.74) is 0.665. The maximum Gasteiger partial charge on any atom is 0.234 e. The monoisotopic (exact) mass is 312 g/mol. The Balaban J connectivity index is 1.94. The van der Waals surface area contributed by atoms with Gasteiger partial charge in [-0.1, -0.05) is 29.3 Å². The van der Waals surface area contributed by atoms with Gasteiger partial charge in [0, 0.05) is 11.1 Å². The number of anilines is 1. The summed E-state index contributed by atoms with van der Waals surface area (Å²) < 4.78 is 0. The Kier molecular flexibility index (Phi) is 5.07. The number of nitrogens with zero attached hydrogens (tertiary/aromatic N) is 1. The fourth-order valence-corrected chi connectivity index (χ4v) is 2.88. The summed E-state index contributed by atoms with van der Waals surface area (Å²) >= 11 is 13.4. The summed E-state index contributed by atoms with van der Waals surface area (Å²) in [5.74, 6) is 0.104. The number of hydrogen-bond acceptors (Lipinski definition) is 3. The number of nitrogens with one attached hydrogen (secondary N) is 1. The molecule has 98 valence electrons. The predicted molar refractivity (Wildman–Crippen MR) is 80.1 cm³/mol. The smallest absolute Gasteiger partial charge is 0.234 e. The van der Waals surface area contributed by atoms with Crippen molar-refractivity contribution < 1.29 is 4.79 Å². The van der Waals surface area contributed by atoms with Crippen molar-refractivity contribution >= 4 is 46.6 Å². The van der Waals surface area contributed by atoms with Gasteiger partial charge < -0.3 is 5.32 Å². The van der Waals surface area contributed by atoms with E-state index in [9.17, 15) is 4.79 Å². The van der Waals surface area contributed by atoms with E-state index >= 15 is 0 Å². The first-order valence-corrected chi connectivity index (χ1v) is 7.17. The third-order valence-electron chi connectivity index (χ3n) is 2.21. The normalized spacial score (nSPS) is 10.2. The molecular formula is C13H10Cl2N2OS. The van der Waals surface area contributed by atoms with Crippen molar-refractivity contribution in [2.75, 3.05) is 11.1 Å². The van der Waals surface area contributed by atoms with Gasteiger partial charge in [-0.25, -0.2) is 0 Å². The van der Waals surface area contributed by atoms with E-state index in [1.165, 1.54) is 11.8 Å². The Morgan fingerprint density at radius 3 is 2.58 bits per heavy atom. The van der Waals surface area contributed by atoms with Crippen LogP contribution >= 0.6 is 35.0 Å². The van der Waals surface area contributed by atoms with Crippen LogP contribution in [0.3, 0.4) is 0 Å². The molecule has 1 aromatic heterocycles. The molecule has 19 heavy (non-hydrogen) atoms. The Labute approximate surface area is 125 Å². The molecule has 6 heteroatoms. The summed E-state index contributed by atoms with van der Waals surface area (Å²) in [5, 5.41) is 3.84. The molecule has 0 aliphatic rings. The van der Waals surface area contributed by atoms with Crippen LogP contribution in [0, 0.1) is 0 Å². The number of benzene rings is 1. The molecule has 0 bridgehead atoms. The van der Waals surface area contributed by atoms with Crippen LogP contribution in [0.25, 0.3) is 0 Å². The van der Waals surface area contributed by atoms with Gasteiger partial charge in [0.1, 0.15) is 0 Å². The van der Waals surface area contributed by atoms with E-state index in [0.717, 1.165) is 0 Å². The van der Waals surface area contributed by atoms with Gasteiger partial charge in [-0.2, -0.15) is 0 Å². The number of aromatic nitrogens is 1. The van der Waals surface area contributed by atoms with E-state index in [0.29, 0.717) is 20.6 Å². The third-order valence-corrected chi connectivity index (χ3v) is 4.20. The molecule has 0 radical (unpaired) electrons. The van der Waals surface area contributed by atoms with Crippen LogP contribution < -0.4 is 5.32 Å². The average Bonchev–Trinajstić information content (AvgIpc) is 2.39. The zero-order valence-corrected chi connectivity index (χ0v) is 12.1. The lowest BCUT2D eigenvalue weighted by Crippen LogP contribution is -2.14. The maximum absolute atomic E-state index is 11.8. The van der Waals surface area contributed by atoms with Crippen LogP contribution in [-0.4, -0.2) is 16.6 Å². The first kappa shape index (κ1) is 14.2. The number of carbonyl (C=O) groups is 1. The zero-order chi connectivity index (χ0) is 13.7. The predicted octanol–water partition coefficient (Wildman–Crippen LogP) is 4.12. The maximum atomic E-state index is 11.8. The van der Waals surface area contributed by atoms with Gasteiger partial charge >= 0.3 is 0 Å². The van der Waals surface area contributed by atoms with Crippen LogP contribution in [0.1, 0.15) is 0 Å². The highest BCUT2D eigenvalue weighted by atomic mass is 35.5. The lowest BCUT2D eigenvalue weighted by Gasteiger charge is -2.07. The molecule has 1 amide bonds. The van der Waals surface area contributed by atoms with Crippen molar-refractivity contribution in [3.8, 4) is 0 Å². The lowest BCUT2D eigenvalue weighted by atomic mass is 10.4. The number of halogens is 2. The molecular weight excluding hydrogens is 303 g/mol. The third kappa shape index (κ3) is 4.13. The molecule has 0 aliphatic carbocycles. The van der Waals surface area contributed by atoms with Gasteiger partial charge in [-0.3, -0.25) is 9.78 Å². The van der Waals surface area contributed by atoms with Crippen LogP contribution in [0.5, 0.6) is 0 Å². The summed E-state index contributed by atoms with van der Waals surface area (Å²) in [4.78, 5) is 16.4. The van der Waals surface area contributed by atoms with Gasteiger partial charge in [-0.15, -0.1) is 11.8 Å². The molecule has 0 fully saturated rings. The number of thioether (sulfide) groups is 1. The average molecular weight is 313 g/mol. The molecule has 3 nitrogen and oxygen atoms in total. The van der Waals surface area contributed by atoms with Gasteiger partial charge in [-0.05, 0) is 24.3 Å². The van der Waals surface area contributed by atoms with Crippen molar-refractivity contribution in [2.24, 2.45) is 0 Å². The molecule has 0 aliphatic heterocycles. The first-order chi connectivity index (χ1) is 9.16. The van der Waals surface area contributed by atoms with E-state index in [1.807, 2.05) is 0 Å². The van der Waals surface area contributed by atoms with Gasteiger partial charge in [0.25, 0.3) is 0 Å². The van der Waals surface area contributed by atoms with Crippen molar-refractivity contribution in [3.63, 3.8) is 0 Å². The minimum atomic E-state index is -0.131. The summed E-state index contributed by atoms with van der Waals surface area (Å²) in [6, 6.07) is 8.79. The van der Waals surface area contributed by atoms with Crippen LogP contribution in [-0.2, 0) is 4.79 Å². The van der Waals surface area contributed by atoms with Crippen LogP contribution in [0.4, 0.5) is 5.69 Å². The Morgan fingerprint density at radius 1 is 1.21 bits per heavy atom. The Morgan fingerprint density at radius 2 is 1.95 bits per heavy atom. The number of rotatable bonds is 4. The minimum absolute atomic E-state index is 0.131. The molecule has 0 saturated heterocycles. The number of hydrogen-bond donors (Lipinski definition) is 1. The Hall–Kier alpha value is -1.23. The highest BCUT2D eigenvalue weighted by Crippen LogP contribution is 2.33. The highest BCUT2D eigenvalue weighted by Gasteiger charge is 2.09. The van der Waals surface area contributed by atoms with E-state index < -0.39 is 0 Å². The fraction of sp³-hybridized carbons (Fsp3) is 0.0769. The summed E-state index contributed by atoms with van der Waals surface area (Å²) in [7, 11) is 0. The van der Waals surface area contributed by atoms with Crippen molar-refractivity contribution in [3.05, 3.63) is 52.8 Å². The van der Waals surface area contributed by atoms with Gasteiger partial charge in [0.05, 0.1) is 27.7 Å². The standard InChI is InChI=1S/C13H10Cl2N2OS/c14-10-4-1-5-11(15)13(10)19-8-12(18)17-9-3-2-6-16-7-9/h1-7H,8H2,(H,17,18). The van der Waals surface area contributed by atoms with E-state index in [4.69, 9.17) is 23.2 Å². The van der Waals surface area contributed by atoms with Crippen molar-refractivity contribution in [1.29, 1.82) is 0 Å². The first-order valence-electron chi connectivity index (χ1n) is 5.43. The lowest BCUT2D eigenvalue weighted by molar-refractivity contribution is -0.113. The second-order valence-corrected chi connectivity index (χ2v) is 5.43.